The van der Waals surface area contributed by atoms with Gasteiger partial charge < -0.3 is 14.5 Å². The maximum absolute atomic E-state index is 13.4. The van der Waals surface area contributed by atoms with Crippen molar-refractivity contribution in [3.05, 3.63) is 65.5 Å². The van der Waals surface area contributed by atoms with E-state index >= 15 is 0 Å². The molecule has 162 valence electrons. The van der Waals surface area contributed by atoms with Crippen LogP contribution in [0.4, 0.5) is 4.39 Å². The highest BCUT2D eigenvalue weighted by molar-refractivity contribution is 5.79. The monoisotopic (exact) mass is 412 g/mol. The van der Waals surface area contributed by atoms with Crippen LogP contribution < -0.4 is 4.74 Å². The van der Waals surface area contributed by atoms with Crippen LogP contribution >= 0.6 is 0 Å². The third kappa shape index (κ3) is 5.82. The van der Waals surface area contributed by atoms with Gasteiger partial charge in [0.1, 0.15) is 11.6 Å². The first kappa shape index (κ1) is 22.3. The maximum Gasteiger partial charge on any atom is 0.227 e. The van der Waals surface area contributed by atoms with Gasteiger partial charge in [0.25, 0.3) is 0 Å². The van der Waals surface area contributed by atoms with Crippen LogP contribution in [0.5, 0.6) is 5.75 Å². The second-order valence-electron chi connectivity index (χ2n) is 8.89. The van der Waals surface area contributed by atoms with E-state index in [1.807, 2.05) is 43.0 Å². The number of likely N-dealkylation sites (tertiary alicyclic amines) is 1. The molecule has 0 atom stereocenters. The molecule has 0 aliphatic carbocycles. The molecule has 0 N–H and O–H groups in total. The molecule has 0 aromatic heterocycles. The highest BCUT2D eigenvalue weighted by atomic mass is 19.1. The van der Waals surface area contributed by atoms with Crippen LogP contribution in [-0.2, 0) is 17.8 Å². The third-order valence-electron chi connectivity index (χ3n) is 5.92. The zero-order chi connectivity index (χ0) is 21.7. The molecule has 3 rings (SSSR count). The van der Waals surface area contributed by atoms with E-state index in [0.29, 0.717) is 13.0 Å². The lowest BCUT2D eigenvalue weighted by Gasteiger charge is -2.46. The predicted octanol–water partition coefficient (Wildman–Crippen LogP) is 4.67. The summed E-state index contributed by atoms with van der Waals surface area (Å²) in [6.07, 6.45) is 2.32. The van der Waals surface area contributed by atoms with Crippen LogP contribution in [0.1, 0.15) is 44.7 Å². The fourth-order valence-corrected chi connectivity index (χ4v) is 3.95. The van der Waals surface area contributed by atoms with Gasteiger partial charge in [-0.2, -0.15) is 0 Å². The topological polar surface area (TPSA) is 32.8 Å². The van der Waals surface area contributed by atoms with Gasteiger partial charge in [0.05, 0.1) is 12.5 Å². The van der Waals surface area contributed by atoms with Crippen LogP contribution in [0.3, 0.4) is 0 Å². The minimum atomic E-state index is -0.258. The minimum Gasteiger partial charge on any atom is -0.491 e. The number of nitrogens with zero attached hydrogens (tertiary/aromatic N) is 2. The summed E-state index contributed by atoms with van der Waals surface area (Å²) in [6, 6.07) is 14.2. The van der Waals surface area contributed by atoms with Gasteiger partial charge in [-0.3, -0.25) is 4.79 Å². The van der Waals surface area contributed by atoms with Crippen LogP contribution in [0.2, 0.25) is 0 Å². The van der Waals surface area contributed by atoms with Crippen molar-refractivity contribution >= 4 is 5.91 Å². The van der Waals surface area contributed by atoms with Crippen molar-refractivity contribution in [3.63, 3.8) is 0 Å². The highest BCUT2D eigenvalue weighted by Crippen LogP contribution is 2.30. The first-order valence-electron chi connectivity index (χ1n) is 10.7. The number of carbonyl (C=O) groups is 1. The maximum atomic E-state index is 13.4. The summed E-state index contributed by atoms with van der Waals surface area (Å²) in [4.78, 5) is 17.7. The Labute approximate surface area is 179 Å². The Hall–Kier alpha value is -2.40. The lowest BCUT2D eigenvalue weighted by molar-refractivity contribution is -0.139. The molecule has 4 nitrogen and oxygen atoms in total. The van der Waals surface area contributed by atoms with Crippen molar-refractivity contribution in [3.8, 4) is 5.75 Å². The summed E-state index contributed by atoms with van der Waals surface area (Å²) in [7, 11) is 2.12. The molecule has 2 aromatic rings. The van der Waals surface area contributed by atoms with E-state index in [1.165, 1.54) is 12.1 Å². The Kier molecular flexibility index (Phi) is 7.14. The fourth-order valence-electron chi connectivity index (χ4n) is 3.95. The summed E-state index contributed by atoms with van der Waals surface area (Å²) in [5.74, 6) is 0.654. The standard InChI is InChI=1S/C25H33FN2O2/c1-19(2)30-23-11-7-20(8-12-23)17-24(29)28(18-21-5-9-22(26)10-6-21)25(3)13-15-27(4)16-14-25/h5-12,19H,13-18H2,1-4H3. The van der Waals surface area contributed by atoms with Gasteiger partial charge in [0, 0.05) is 25.2 Å². The number of ether oxygens (including phenoxy) is 1. The molecule has 0 saturated carbocycles. The lowest BCUT2D eigenvalue weighted by Crippen LogP contribution is -2.55. The number of halogens is 1. The number of hydrogen-bond donors (Lipinski definition) is 0. The molecule has 1 aliphatic rings. The number of amides is 1. The molecular formula is C25H33FN2O2. The number of rotatable bonds is 7. The van der Waals surface area contributed by atoms with E-state index in [-0.39, 0.29) is 23.4 Å². The average molecular weight is 413 g/mol. The van der Waals surface area contributed by atoms with Crippen molar-refractivity contribution in [2.45, 2.75) is 58.2 Å². The van der Waals surface area contributed by atoms with Gasteiger partial charge >= 0.3 is 0 Å². The van der Waals surface area contributed by atoms with E-state index < -0.39 is 0 Å². The second-order valence-corrected chi connectivity index (χ2v) is 8.89. The first-order chi connectivity index (χ1) is 14.2. The molecule has 0 radical (unpaired) electrons. The summed E-state index contributed by atoms with van der Waals surface area (Å²) < 4.78 is 19.1. The van der Waals surface area contributed by atoms with Gasteiger partial charge in [-0.15, -0.1) is 0 Å². The number of benzene rings is 2. The van der Waals surface area contributed by atoms with Crippen molar-refractivity contribution in [2.24, 2.45) is 0 Å². The number of piperidine rings is 1. The molecule has 1 amide bonds. The fraction of sp³-hybridized carbons (Fsp3) is 0.480. The lowest BCUT2D eigenvalue weighted by atomic mass is 9.86. The van der Waals surface area contributed by atoms with Crippen molar-refractivity contribution < 1.29 is 13.9 Å². The van der Waals surface area contributed by atoms with Crippen LogP contribution in [-0.4, -0.2) is 47.5 Å². The molecule has 1 saturated heterocycles. The molecule has 1 fully saturated rings. The van der Waals surface area contributed by atoms with Crippen LogP contribution in [0.25, 0.3) is 0 Å². The molecule has 1 aliphatic heterocycles. The number of carbonyl (C=O) groups excluding carboxylic acids is 1. The summed E-state index contributed by atoms with van der Waals surface area (Å²) in [6.45, 7) is 8.59. The van der Waals surface area contributed by atoms with Crippen LogP contribution in [0.15, 0.2) is 48.5 Å². The Balaban J connectivity index is 1.78. The molecule has 0 unspecified atom stereocenters. The predicted molar refractivity (Wildman–Crippen MR) is 118 cm³/mol. The molecule has 30 heavy (non-hydrogen) atoms. The zero-order valence-corrected chi connectivity index (χ0v) is 18.5. The van der Waals surface area contributed by atoms with E-state index in [1.54, 1.807) is 12.1 Å². The van der Waals surface area contributed by atoms with Gasteiger partial charge in [0.15, 0.2) is 0 Å². The van der Waals surface area contributed by atoms with E-state index in [0.717, 1.165) is 42.8 Å². The quantitative estimate of drug-likeness (QED) is 0.663. The molecular weight excluding hydrogens is 379 g/mol. The highest BCUT2D eigenvalue weighted by Gasteiger charge is 2.37. The molecule has 5 heteroatoms. The third-order valence-corrected chi connectivity index (χ3v) is 5.92. The van der Waals surface area contributed by atoms with E-state index in [2.05, 4.69) is 18.9 Å². The van der Waals surface area contributed by atoms with Gasteiger partial charge in [-0.05, 0) is 76.1 Å². The average Bonchev–Trinajstić information content (AvgIpc) is 2.71. The Morgan fingerprint density at radius 1 is 1.07 bits per heavy atom. The van der Waals surface area contributed by atoms with Crippen molar-refractivity contribution in [2.75, 3.05) is 20.1 Å². The zero-order valence-electron chi connectivity index (χ0n) is 18.5. The Morgan fingerprint density at radius 3 is 2.20 bits per heavy atom. The molecule has 2 aromatic carbocycles. The summed E-state index contributed by atoms with van der Waals surface area (Å²) in [5.41, 5.74) is 1.71. The normalized spacial score (nSPS) is 16.5. The van der Waals surface area contributed by atoms with Crippen molar-refractivity contribution in [1.82, 2.24) is 9.80 Å². The van der Waals surface area contributed by atoms with Gasteiger partial charge in [0.2, 0.25) is 5.91 Å². The van der Waals surface area contributed by atoms with Crippen molar-refractivity contribution in [1.29, 1.82) is 0 Å². The first-order valence-corrected chi connectivity index (χ1v) is 10.7. The Morgan fingerprint density at radius 2 is 1.63 bits per heavy atom. The minimum absolute atomic E-state index is 0.101. The Bertz CT molecular complexity index is 825. The molecule has 0 bridgehead atoms. The van der Waals surface area contributed by atoms with Gasteiger partial charge in [-0.25, -0.2) is 4.39 Å². The molecule has 1 heterocycles. The second kappa shape index (κ2) is 9.61. The SMILES string of the molecule is CC(C)Oc1ccc(CC(=O)N(Cc2ccc(F)cc2)C2(C)CCN(C)CC2)cc1. The largest absolute Gasteiger partial charge is 0.491 e. The van der Waals surface area contributed by atoms with Crippen LogP contribution in [0, 0.1) is 5.82 Å². The molecule has 0 spiro atoms. The summed E-state index contributed by atoms with van der Waals surface area (Å²) in [5, 5.41) is 0. The van der Waals surface area contributed by atoms with Gasteiger partial charge in [-0.1, -0.05) is 24.3 Å². The van der Waals surface area contributed by atoms with E-state index in [4.69, 9.17) is 4.74 Å². The smallest absolute Gasteiger partial charge is 0.227 e. The summed E-state index contributed by atoms with van der Waals surface area (Å²) >= 11 is 0. The number of hydrogen-bond acceptors (Lipinski definition) is 3. The van der Waals surface area contributed by atoms with E-state index in [9.17, 15) is 9.18 Å².